The van der Waals surface area contributed by atoms with E-state index >= 15 is 0 Å². The number of aliphatic hydroxyl groups excluding tert-OH is 1. The van der Waals surface area contributed by atoms with Gasteiger partial charge in [0.15, 0.2) is 0 Å². The van der Waals surface area contributed by atoms with Gasteiger partial charge in [0.2, 0.25) is 0 Å². The van der Waals surface area contributed by atoms with Gasteiger partial charge in [-0.2, -0.15) is 0 Å². The zero-order chi connectivity index (χ0) is 14.9. The lowest BCUT2D eigenvalue weighted by Crippen LogP contribution is -2.55. The molecule has 0 aromatic heterocycles. The van der Waals surface area contributed by atoms with Gasteiger partial charge in [0, 0.05) is 23.1 Å². The van der Waals surface area contributed by atoms with E-state index in [2.05, 4.69) is 15.9 Å². The molecule has 1 atom stereocenters. The number of carbonyl (C=O) groups excluding carboxylic acids is 1. The van der Waals surface area contributed by atoms with Crippen molar-refractivity contribution in [3.63, 3.8) is 0 Å². The predicted molar refractivity (Wildman–Crippen MR) is 80.8 cm³/mol. The molecule has 0 spiro atoms. The second-order valence-corrected chi connectivity index (χ2v) is 6.63. The molecule has 1 aliphatic heterocycles. The summed E-state index contributed by atoms with van der Waals surface area (Å²) in [4.78, 5) is 14.5. The number of rotatable bonds is 2. The van der Waals surface area contributed by atoms with Crippen LogP contribution in [-0.2, 0) is 4.74 Å². The molecule has 1 N–H and O–H groups in total. The second-order valence-electron chi connectivity index (χ2n) is 5.78. The minimum absolute atomic E-state index is 0.0152. The number of hydrogen-bond acceptors (Lipinski definition) is 3. The van der Waals surface area contributed by atoms with Gasteiger partial charge in [0.1, 0.15) is 0 Å². The number of aliphatic hydroxyl groups is 1. The third-order valence-corrected chi connectivity index (χ3v) is 4.33. The minimum atomic E-state index is -0.443. The van der Waals surface area contributed by atoms with Crippen LogP contribution < -0.4 is 0 Å². The number of halogens is 1. The zero-order valence-electron chi connectivity index (χ0n) is 12.0. The van der Waals surface area contributed by atoms with E-state index in [0.717, 1.165) is 10.0 Å². The quantitative estimate of drug-likeness (QED) is 0.898. The summed E-state index contributed by atoms with van der Waals surface area (Å²) >= 11 is 3.45. The van der Waals surface area contributed by atoms with Crippen molar-refractivity contribution in [1.82, 2.24) is 4.90 Å². The van der Waals surface area contributed by atoms with Crippen LogP contribution in [0.4, 0.5) is 0 Å². The molecular formula is C15H20BrNO3. The maximum atomic E-state index is 12.7. The zero-order valence-corrected chi connectivity index (χ0v) is 13.6. The minimum Gasteiger partial charge on any atom is -0.394 e. The van der Waals surface area contributed by atoms with Crippen LogP contribution in [0.15, 0.2) is 22.7 Å². The summed E-state index contributed by atoms with van der Waals surface area (Å²) in [5, 5.41) is 9.32. The molecule has 4 nitrogen and oxygen atoms in total. The van der Waals surface area contributed by atoms with Crippen molar-refractivity contribution in [3.8, 4) is 0 Å². The highest BCUT2D eigenvalue weighted by Crippen LogP contribution is 2.25. The Morgan fingerprint density at radius 1 is 1.55 bits per heavy atom. The smallest absolute Gasteiger partial charge is 0.254 e. The van der Waals surface area contributed by atoms with Crippen LogP contribution in [0.25, 0.3) is 0 Å². The first-order valence-corrected chi connectivity index (χ1v) is 7.46. The first-order chi connectivity index (χ1) is 9.34. The van der Waals surface area contributed by atoms with Crippen LogP contribution in [0.5, 0.6) is 0 Å². The summed E-state index contributed by atoms with van der Waals surface area (Å²) in [7, 11) is 0. The first-order valence-electron chi connectivity index (χ1n) is 6.67. The molecule has 1 aromatic rings. The molecule has 1 amide bonds. The molecule has 1 heterocycles. The summed E-state index contributed by atoms with van der Waals surface area (Å²) in [6.07, 6.45) is -0.324. The summed E-state index contributed by atoms with van der Waals surface area (Å²) in [6, 6.07) is 5.62. The van der Waals surface area contributed by atoms with Crippen LogP contribution in [-0.4, -0.2) is 47.3 Å². The van der Waals surface area contributed by atoms with Gasteiger partial charge < -0.3 is 14.7 Å². The SMILES string of the molecule is Cc1c(Br)cccc1C(=O)N1CC(CO)OC(C)(C)C1. The van der Waals surface area contributed by atoms with E-state index in [1.165, 1.54) is 0 Å². The fraction of sp³-hybridized carbons (Fsp3) is 0.533. The van der Waals surface area contributed by atoms with Crippen LogP contribution in [0, 0.1) is 6.92 Å². The Morgan fingerprint density at radius 2 is 2.25 bits per heavy atom. The maximum absolute atomic E-state index is 12.7. The van der Waals surface area contributed by atoms with Gasteiger partial charge >= 0.3 is 0 Å². The number of morpholine rings is 1. The number of nitrogens with zero attached hydrogens (tertiary/aromatic N) is 1. The molecule has 0 aliphatic carbocycles. The van der Waals surface area contributed by atoms with E-state index in [4.69, 9.17) is 4.74 Å². The molecule has 0 saturated carbocycles. The van der Waals surface area contributed by atoms with Crippen molar-refractivity contribution in [3.05, 3.63) is 33.8 Å². The molecule has 20 heavy (non-hydrogen) atoms. The van der Waals surface area contributed by atoms with Gasteiger partial charge in [-0.05, 0) is 38.5 Å². The van der Waals surface area contributed by atoms with E-state index in [0.29, 0.717) is 18.7 Å². The van der Waals surface area contributed by atoms with Crippen molar-refractivity contribution in [2.75, 3.05) is 19.7 Å². The lowest BCUT2D eigenvalue weighted by molar-refractivity contribution is -0.139. The molecule has 1 unspecified atom stereocenters. The van der Waals surface area contributed by atoms with E-state index < -0.39 is 5.60 Å². The third-order valence-electron chi connectivity index (χ3n) is 3.47. The fourth-order valence-electron chi connectivity index (χ4n) is 2.55. The van der Waals surface area contributed by atoms with Crippen molar-refractivity contribution in [1.29, 1.82) is 0 Å². The van der Waals surface area contributed by atoms with Crippen LogP contribution in [0.1, 0.15) is 29.8 Å². The van der Waals surface area contributed by atoms with Crippen molar-refractivity contribution < 1.29 is 14.6 Å². The number of amides is 1. The Morgan fingerprint density at radius 3 is 2.90 bits per heavy atom. The molecule has 1 aliphatic rings. The largest absolute Gasteiger partial charge is 0.394 e. The summed E-state index contributed by atoms with van der Waals surface area (Å²) in [6.45, 7) is 6.65. The first kappa shape index (κ1) is 15.5. The van der Waals surface area contributed by atoms with Gasteiger partial charge in [-0.3, -0.25) is 4.79 Å². The standard InChI is InChI=1S/C15H20BrNO3/c1-10-12(5-4-6-13(10)16)14(19)17-7-11(8-18)20-15(2,3)9-17/h4-6,11,18H,7-9H2,1-3H3. The molecule has 1 fully saturated rings. The highest BCUT2D eigenvalue weighted by atomic mass is 79.9. The van der Waals surface area contributed by atoms with Crippen molar-refractivity contribution in [2.45, 2.75) is 32.5 Å². The van der Waals surface area contributed by atoms with Crippen LogP contribution in [0.2, 0.25) is 0 Å². The molecule has 0 bridgehead atoms. The van der Waals surface area contributed by atoms with E-state index in [9.17, 15) is 9.90 Å². The normalized spacial score (nSPS) is 21.9. The topological polar surface area (TPSA) is 49.8 Å². The van der Waals surface area contributed by atoms with Crippen LogP contribution >= 0.6 is 15.9 Å². The third kappa shape index (κ3) is 3.22. The van der Waals surface area contributed by atoms with Crippen LogP contribution in [0.3, 0.4) is 0 Å². The Bertz CT molecular complexity index is 516. The molecule has 0 radical (unpaired) electrons. The number of hydrogen-bond donors (Lipinski definition) is 1. The number of carbonyl (C=O) groups is 1. The maximum Gasteiger partial charge on any atom is 0.254 e. The number of benzene rings is 1. The Balaban J connectivity index is 2.26. The van der Waals surface area contributed by atoms with Gasteiger partial charge in [-0.15, -0.1) is 0 Å². The average Bonchev–Trinajstić information content (AvgIpc) is 2.39. The van der Waals surface area contributed by atoms with Crippen molar-refractivity contribution in [2.24, 2.45) is 0 Å². The summed E-state index contributed by atoms with van der Waals surface area (Å²) in [5.74, 6) is -0.0152. The lowest BCUT2D eigenvalue weighted by atomic mass is 10.0. The van der Waals surface area contributed by atoms with Gasteiger partial charge in [0.05, 0.1) is 18.3 Å². The van der Waals surface area contributed by atoms with Crippen molar-refractivity contribution >= 4 is 21.8 Å². The molecule has 2 rings (SSSR count). The monoisotopic (exact) mass is 341 g/mol. The van der Waals surface area contributed by atoms with E-state index in [1.807, 2.05) is 39.0 Å². The molecule has 1 saturated heterocycles. The van der Waals surface area contributed by atoms with Gasteiger partial charge in [-0.25, -0.2) is 0 Å². The second kappa shape index (κ2) is 5.84. The highest BCUT2D eigenvalue weighted by molar-refractivity contribution is 9.10. The Kier molecular flexibility index (Phi) is 4.52. The van der Waals surface area contributed by atoms with E-state index in [-0.39, 0.29) is 18.6 Å². The molecular weight excluding hydrogens is 322 g/mol. The molecule has 5 heteroatoms. The van der Waals surface area contributed by atoms with Gasteiger partial charge in [-0.1, -0.05) is 22.0 Å². The fourth-order valence-corrected chi connectivity index (χ4v) is 2.92. The average molecular weight is 342 g/mol. The predicted octanol–water partition coefficient (Wildman–Crippen LogP) is 2.37. The lowest BCUT2D eigenvalue weighted by Gasteiger charge is -2.42. The molecule has 110 valence electrons. The summed E-state index contributed by atoms with van der Waals surface area (Å²) in [5.41, 5.74) is 1.18. The number of ether oxygens (including phenoxy) is 1. The summed E-state index contributed by atoms with van der Waals surface area (Å²) < 4.78 is 6.67. The van der Waals surface area contributed by atoms with E-state index in [1.54, 1.807) is 4.90 Å². The Hall–Kier alpha value is -0.910. The van der Waals surface area contributed by atoms with Gasteiger partial charge in [0.25, 0.3) is 5.91 Å². The molecule has 1 aromatic carbocycles. The highest BCUT2D eigenvalue weighted by Gasteiger charge is 2.35. The Labute approximate surface area is 127 Å².